The van der Waals surface area contributed by atoms with E-state index in [1.54, 1.807) is 4.90 Å². The Kier molecular flexibility index (Phi) is 6.67. The number of rotatable bonds is 4. The molecule has 1 aromatic heterocycles. The Labute approximate surface area is 224 Å². The van der Waals surface area contributed by atoms with Crippen LogP contribution in [0.15, 0.2) is 60.8 Å². The zero-order valence-corrected chi connectivity index (χ0v) is 21.1. The molecule has 1 fully saturated rings. The lowest BCUT2D eigenvalue weighted by molar-refractivity contribution is -0.137. The first-order valence-electron chi connectivity index (χ1n) is 11.7. The minimum Gasteiger partial charge on any atom is -0.465 e. The molecule has 39 heavy (non-hydrogen) atoms. The minimum atomic E-state index is -4.88. The Morgan fingerprint density at radius 3 is 2.26 bits per heavy atom. The Morgan fingerprint density at radius 1 is 0.923 bits per heavy atom. The van der Waals surface area contributed by atoms with Crippen molar-refractivity contribution in [2.75, 3.05) is 20.2 Å². The highest BCUT2D eigenvalue weighted by molar-refractivity contribution is 6.34. The van der Waals surface area contributed by atoms with Gasteiger partial charge in [-0.2, -0.15) is 13.2 Å². The monoisotopic (exact) mass is 558 g/mol. The number of fused-ring (bicyclic) bond motifs is 1. The highest BCUT2D eigenvalue weighted by Gasteiger charge is 2.37. The molecule has 0 atom stereocenters. The van der Waals surface area contributed by atoms with E-state index in [2.05, 4.69) is 4.74 Å². The third-order valence-corrected chi connectivity index (χ3v) is 6.94. The van der Waals surface area contributed by atoms with Gasteiger partial charge in [0.15, 0.2) is 0 Å². The first kappa shape index (κ1) is 26.4. The molecule has 5 rings (SSSR count). The predicted octanol–water partition coefficient (Wildman–Crippen LogP) is 6.44. The van der Waals surface area contributed by atoms with Crippen molar-refractivity contribution in [1.29, 1.82) is 0 Å². The fourth-order valence-electron chi connectivity index (χ4n) is 4.52. The highest BCUT2D eigenvalue weighted by atomic mass is 35.5. The lowest BCUT2D eigenvalue weighted by Gasteiger charge is -2.30. The number of carbonyl (C=O) groups is 3. The zero-order chi connectivity index (χ0) is 28.1. The largest absolute Gasteiger partial charge is 0.465 e. The minimum absolute atomic E-state index is 0.0174. The molecule has 4 aromatic rings. The number of alkyl halides is 3. The van der Waals surface area contributed by atoms with Gasteiger partial charge in [-0.15, -0.1) is 0 Å². The van der Waals surface area contributed by atoms with Crippen LogP contribution in [0.25, 0.3) is 22.0 Å². The van der Waals surface area contributed by atoms with Gasteiger partial charge in [0.05, 0.1) is 34.3 Å². The van der Waals surface area contributed by atoms with Gasteiger partial charge in [0.2, 0.25) is 0 Å². The van der Waals surface area contributed by atoms with Crippen LogP contribution in [0.5, 0.6) is 0 Å². The fraction of sp³-hybridized carbons (Fsp3) is 0.179. The van der Waals surface area contributed by atoms with E-state index in [0.717, 1.165) is 36.3 Å². The second-order valence-electron chi connectivity index (χ2n) is 8.94. The SMILES string of the molecule is COC(=O)c1ccc(-c2cn(C(=O)c3c(Cl)cccc3C(F)(F)F)c3cc(C(=O)N4CCC4)ccc23)c(F)c1. The van der Waals surface area contributed by atoms with E-state index in [-0.39, 0.29) is 33.7 Å². The Balaban J connectivity index is 1.73. The third kappa shape index (κ3) is 4.65. The number of carbonyl (C=O) groups excluding carboxylic acids is 3. The molecule has 0 saturated carbocycles. The maximum absolute atomic E-state index is 15.2. The summed E-state index contributed by atoms with van der Waals surface area (Å²) in [6.45, 7) is 1.13. The van der Waals surface area contributed by atoms with Crippen LogP contribution in [0.3, 0.4) is 0 Å². The van der Waals surface area contributed by atoms with E-state index in [1.807, 2.05) is 0 Å². The summed E-state index contributed by atoms with van der Waals surface area (Å²) in [5, 5.41) is -0.117. The Morgan fingerprint density at radius 2 is 1.64 bits per heavy atom. The second kappa shape index (κ2) is 9.85. The molecule has 1 aliphatic rings. The molecular weight excluding hydrogens is 540 g/mol. The summed E-state index contributed by atoms with van der Waals surface area (Å²) in [6.07, 6.45) is -2.83. The van der Waals surface area contributed by atoms with Gasteiger partial charge in [-0.25, -0.2) is 9.18 Å². The molecule has 1 aliphatic heterocycles. The van der Waals surface area contributed by atoms with Crippen molar-refractivity contribution in [3.8, 4) is 11.1 Å². The van der Waals surface area contributed by atoms with Gasteiger partial charge < -0.3 is 9.64 Å². The fourth-order valence-corrected chi connectivity index (χ4v) is 4.78. The van der Waals surface area contributed by atoms with E-state index in [1.165, 1.54) is 42.6 Å². The van der Waals surface area contributed by atoms with Crippen molar-refractivity contribution in [1.82, 2.24) is 9.47 Å². The topological polar surface area (TPSA) is 68.6 Å². The van der Waals surface area contributed by atoms with E-state index < -0.39 is 40.0 Å². The maximum Gasteiger partial charge on any atom is 0.417 e. The van der Waals surface area contributed by atoms with Crippen LogP contribution >= 0.6 is 11.6 Å². The first-order valence-corrected chi connectivity index (χ1v) is 12.1. The quantitative estimate of drug-likeness (QED) is 0.213. The van der Waals surface area contributed by atoms with Gasteiger partial charge in [-0.1, -0.05) is 29.8 Å². The van der Waals surface area contributed by atoms with Gasteiger partial charge in [0, 0.05) is 41.4 Å². The van der Waals surface area contributed by atoms with Crippen molar-refractivity contribution in [3.05, 3.63) is 93.9 Å². The van der Waals surface area contributed by atoms with E-state index in [4.69, 9.17) is 11.6 Å². The molecule has 1 amide bonds. The Hall–Kier alpha value is -4.18. The van der Waals surface area contributed by atoms with Gasteiger partial charge in [0.25, 0.3) is 11.8 Å². The highest BCUT2D eigenvalue weighted by Crippen LogP contribution is 2.38. The molecule has 6 nitrogen and oxygen atoms in total. The third-order valence-electron chi connectivity index (χ3n) is 6.63. The summed E-state index contributed by atoms with van der Waals surface area (Å²) >= 11 is 6.09. The number of ether oxygens (including phenoxy) is 1. The van der Waals surface area contributed by atoms with Gasteiger partial charge >= 0.3 is 12.1 Å². The molecule has 0 unspecified atom stereocenters. The smallest absolute Gasteiger partial charge is 0.417 e. The van der Waals surface area contributed by atoms with Gasteiger partial charge in [-0.3, -0.25) is 14.2 Å². The predicted molar refractivity (Wildman–Crippen MR) is 135 cm³/mol. The van der Waals surface area contributed by atoms with Crippen molar-refractivity contribution in [3.63, 3.8) is 0 Å². The summed E-state index contributed by atoms with van der Waals surface area (Å²) in [4.78, 5) is 40.0. The molecule has 0 radical (unpaired) electrons. The van der Waals surface area contributed by atoms with Gasteiger partial charge in [0.1, 0.15) is 5.82 Å². The van der Waals surface area contributed by atoms with Crippen molar-refractivity contribution < 1.29 is 36.7 Å². The number of hydrogen-bond acceptors (Lipinski definition) is 4. The average molecular weight is 559 g/mol. The summed E-state index contributed by atoms with van der Waals surface area (Å²) in [5.74, 6) is -2.99. The summed E-state index contributed by atoms with van der Waals surface area (Å²) in [6, 6.07) is 11.0. The number of benzene rings is 3. The number of likely N-dealkylation sites (tertiary alicyclic amines) is 1. The van der Waals surface area contributed by atoms with Crippen LogP contribution in [0.4, 0.5) is 17.6 Å². The average Bonchev–Trinajstić information content (AvgIpc) is 3.24. The summed E-state index contributed by atoms with van der Waals surface area (Å²) < 4.78 is 62.2. The summed E-state index contributed by atoms with van der Waals surface area (Å²) in [5.41, 5.74) is -1.61. The normalized spacial score (nSPS) is 13.3. The van der Waals surface area contributed by atoms with Crippen molar-refractivity contribution >= 4 is 40.3 Å². The number of esters is 1. The molecule has 0 N–H and O–H groups in total. The molecular formula is C28H19ClF4N2O4. The number of nitrogens with zero attached hydrogens (tertiary/aromatic N) is 2. The lowest BCUT2D eigenvalue weighted by Crippen LogP contribution is -2.42. The number of hydrogen-bond donors (Lipinski definition) is 0. The lowest BCUT2D eigenvalue weighted by atomic mass is 10.0. The zero-order valence-electron chi connectivity index (χ0n) is 20.3. The molecule has 200 valence electrons. The van der Waals surface area contributed by atoms with Gasteiger partial charge in [-0.05, 0) is 42.8 Å². The van der Waals surface area contributed by atoms with E-state index in [9.17, 15) is 27.6 Å². The first-order chi connectivity index (χ1) is 18.5. The van der Waals surface area contributed by atoms with E-state index >= 15 is 4.39 Å². The molecule has 1 saturated heterocycles. The number of aromatic nitrogens is 1. The van der Waals surface area contributed by atoms with Crippen LogP contribution < -0.4 is 0 Å². The number of methoxy groups -OCH3 is 1. The van der Waals surface area contributed by atoms with Crippen LogP contribution in [0, 0.1) is 5.82 Å². The summed E-state index contributed by atoms with van der Waals surface area (Å²) in [7, 11) is 1.15. The standard InChI is InChI=1S/C28H19ClF4N2O4/c1-39-27(38)16-7-8-17(22(30)12-16)19-14-35(26(37)24-20(28(31,32)33)4-2-5-21(24)29)23-13-15(6-9-18(19)23)25(36)34-10-3-11-34/h2,4-9,12-14H,3,10-11H2,1H3. The van der Waals surface area contributed by atoms with Crippen molar-refractivity contribution in [2.24, 2.45) is 0 Å². The molecule has 2 heterocycles. The Bertz CT molecular complexity index is 1660. The molecule has 0 spiro atoms. The molecule has 11 heteroatoms. The van der Waals surface area contributed by atoms with Crippen LogP contribution in [0.2, 0.25) is 5.02 Å². The molecule has 0 aliphatic carbocycles. The van der Waals surface area contributed by atoms with Crippen LogP contribution in [-0.2, 0) is 10.9 Å². The molecule has 3 aromatic carbocycles. The maximum atomic E-state index is 15.2. The number of amides is 1. The van der Waals surface area contributed by atoms with Crippen LogP contribution in [-0.4, -0.2) is 47.4 Å². The van der Waals surface area contributed by atoms with Crippen molar-refractivity contribution in [2.45, 2.75) is 12.6 Å². The second-order valence-corrected chi connectivity index (χ2v) is 9.35. The van der Waals surface area contributed by atoms with E-state index in [0.29, 0.717) is 18.5 Å². The number of halogens is 5. The molecule has 0 bridgehead atoms. The van der Waals surface area contributed by atoms with Crippen LogP contribution in [0.1, 0.15) is 43.1 Å².